The van der Waals surface area contributed by atoms with Crippen molar-refractivity contribution < 1.29 is 14.7 Å². The summed E-state index contributed by atoms with van der Waals surface area (Å²) < 4.78 is 0.528. The number of carbonyl (C=O) groups is 2. The van der Waals surface area contributed by atoms with Gasteiger partial charge in [0.15, 0.2) is 5.82 Å². The Morgan fingerprint density at radius 3 is 2.58 bits per heavy atom. The third-order valence-corrected chi connectivity index (χ3v) is 2.57. The van der Waals surface area contributed by atoms with Crippen LogP contribution in [-0.4, -0.2) is 31.9 Å². The molecule has 2 N–H and O–H groups in total. The number of aromatic nitrogens is 3. The zero-order valence-corrected chi connectivity index (χ0v) is 11.0. The molecule has 0 saturated heterocycles. The third kappa shape index (κ3) is 3.10. The maximum Gasteiger partial charge on any atom is 0.338 e. The van der Waals surface area contributed by atoms with Crippen LogP contribution in [0.3, 0.4) is 0 Å². The van der Waals surface area contributed by atoms with Gasteiger partial charge >= 0.3 is 5.97 Å². The first-order valence-corrected chi connectivity index (χ1v) is 5.83. The molecule has 0 aromatic carbocycles. The zero-order chi connectivity index (χ0) is 13.8. The Bertz CT molecular complexity index is 630. The summed E-state index contributed by atoms with van der Waals surface area (Å²) >= 11 is 3.11. The van der Waals surface area contributed by atoms with Crippen LogP contribution >= 0.6 is 15.9 Å². The second kappa shape index (κ2) is 5.53. The number of carbonyl (C=O) groups excluding carboxylic acids is 1. The fraction of sp³-hybridized carbons (Fsp3) is 0. The largest absolute Gasteiger partial charge is 0.478 e. The average Bonchev–Trinajstić information content (AvgIpc) is 2.41. The molecule has 0 bridgehead atoms. The van der Waals surface area contributed by atoms with Crippen LogP contribution in [0, 0.1) is 0 Å². The molecule has 2 heterocycles. The molecular weight excluding hydrogens is 316 g/mol. The van der Waals surface area contributed by atoms with E-state index >= 15 is 0 Å². The molecule has 1 amide bonds. The summed E-state index contributed by atoms with van der Waals surface area (Å²) in [7, 11) is 0. The van der Waals surface area contributed by atoms with Gasteiger partial charge in [0.1, 0.15) is 4.60 Å². The number of amides is 1. The Hall–Kier alpha value is -2.35. The monoisotopic (exact) mass is 322 g/mol. The molecule has 0 aliphatic carbocycles. The minimum Gasteiger partial charge on any atom is -0.478 e. The second-order valence-electron chi connectivity index (χ2n) is 3.40. The summed E-state index contributed by atoms with van der Waals surface area (Å²) in [6, 6.07) is 1.32. The van der Waals surface area contributed by atoms with Crippen molar-refractivity contribution in [3.63, 3.8) is 0 Å². The van der Waals surface area contributed by atoms with Gasteiger partial charge in [0, 0.05) is 12.4 Å². The summed E-state index contributed by atoms with van der Waals surface area (Å²) in [4.78, 5) is 34.4. The molecule has 0 radical (unpaired) electrons. The van der Waals surface area contributed by atoms with E-state index in [0.717, 1.165) is 6.20 Å². The number of aromatic carboxylic acids is 1. The smallest absolute Gasteiger partial charge is 0.338 e. The number of anilines is 1. The minimum atomic E-state index is -1.22. The van der Waals surface area contributed by atoms with Crippen LogP contribution in [0.25, 0.3) is 0 Å². The summed E-state index contributed by atoms with van der Waals surface area (Å²) in [6.07, 6.45) is 5.23. The Balaban J connectivity index is 2.25. The highest BCUT2D eigenvalue weighted by Gasteiger charge is 2.16. The highest BCUT2D eigenvalue weighted by Crippen LogP contribution is 2.11. The summed E-state index contributed by atoms with van der Waals surface area (Å²) in [5.74, 6) is -1.59. The Kier molecular flexibility index (Phi) is 3.81. The van der Waals surface area contributed by atoms with Crippen molar-refractivity contribution in [3.05, 3.63) is 46.6 Å². The lowest BCUT2D eigenvalue weighted by atomic mass is 10.1. The lowest BCUT2D eigenvalue weighted by Gasteiger charge is -2.06. The number of nitrogens with zero attached hydrogens (tertiary/aromatic N) is 3. The lowest BCUT2D eigenvalue weighted by molar-refractivity contribution is 0.0692. The topological polar surface area (TPSA) is 105 Å². The molecule has 0 unspecified atom stereocenters. The number of rotatable bonds is 3. The number of carboxylic acid groups (broad SMARTS) is 1. The summed E-state index contributed by atoms with van der Waals surface area (Å²) in [5, 5.41) is 11.4. The van der Waals surface area contributed by atoms with Crippen molar-refractivity contribution in [2.45, 2.75) is 0 Å². The Labute approximate surface area is 115 Å². The maximum atomic E-state index is 11.9. The van der Waals surface area contributed by atoms with E-state index in [1.165, 1.54) is 24.7 Å². The summed E-state index contributed by atoms with van der Waals surface area (Å²) in [6.45, 7) is 0. The highest BCUT2D eigenvalue weighted by molar-refractivity contribution is 9.10. The highest BCUT2D eigenvalue weighted by atomic mass is 79.9. The lowest BCUT2D eigenvalue weighted by Crippen LogP contribution is -2.17. The predicted molar refractivity (Wildman–Crippen MR) is 68.9 cm³/mol. The molecule has 0 spiro atoms. The van der Waals surface area contributed by atoms with Crippen LogP contribution in [0.5, 0.6) is 0 Å². The number of halogens is 1. The first-order chi connectivity index (χ1) is 9.08. The quantitative estimate of drug-likeness (QED) is 0.888. The molecule has 2 rings (SSSR count). The maximum absolute atomic E-state index is 11.9. The van der Waals surface area contributed by atoms with Crippen molar-refractivity contribution >= 4 is 33.6 Å². The van der Waals surface area contributed by atoms with Gasteiger partial charge in [-0.15, -0.1) is 0 Å². The fourth-order valence-corrected chi connectivity index (χ4v) is 1.53. The molecule has 2 aromatic rings. The fourth-order valence-electron chi connectivity index (χ4n) is 1.32. The zero-order valence-electron chi connectivity index (χ0n) is 9.37. The first kappa shape index (κ1) is 13.1. The molecule has 19 heavy (non-hydrogen) atoms. The normalized spacial score (nSPS) is 9.95. The van der Waals surface area contributed by atoms with E-state index in [9.17, 15) is 9.59 Å². The number of carboxylic acids is 1. The standard InChI is InChI=1S/C11H7BrN4O3/c12-8-4-15-9(5-14-8)16-10(17)6-1-2-13-3-7(6)11(18)19/h1-5H,(H,18,19)(H,15,16,17). The van der Waals surface area contributed by atoms with E-state index in [-0.39, 0.29) is 16.9 Å². The van der Waals surface area contributed by atoms with Crippen molar-refractivity contribution in [2.75, 3.05) is 5.32 Å². The number of hydrogen-bond donors (Lipinski definition) is 2. The molecule has 0 saturated carbocycles. The molecule has 0 atom stereocenters. The van der Waals surface area contributed by atoms with E-state index in [2.05, 4.69) is 36.2 Å². The van der Waals surface area contributed by atoms with E-state index in [1.807, 2.05) is 0 Å². The van der Waals surface area contributed by atoms with Gasteiger partial charge in [-0.1, -0.05) is 0 Å². The van der Waals surface area contributed by atoms with Crippen molar-refractivity contribution in [2.24, 2.45) is 0 Å². The molecule has 7 nitrogen and oxygen atoms in total. The average molecular weight is 323 g/mol. The number of hydrogen-bond acceptors (Lipinski definition) is 5. The first-order valence-electron chi connectivity index (χ1n) is 5.04. The molecular formula is C11H7BrN4O3. The Morgan fingerprint density at radius 1 is 1.16 bits per heavy atom. The van der Waals surface area contributed by atoms with E-state index in [4.69, 9.17) is 5.11 Å². The van der Waals surface area contributed by atoms with Crippen molar-refractivity contribution in [3.8, 4) is 0 Å². The van der Waals surface area contributed by atoms with Gasteiger partial charge in [0.25, 0.3) is 5.91 Å². The SMILES string of the molecule is O=C(O)c1cnccc1C(=O)Nc1cnc(Br)cn1. The molecule has 0 fully saturated rings. The van der Waals surface area contributed by atoms with Crippen LogP contribution in [0.15, 0.2) is 35.5 Å². The van der Waals surface area contributed by atoms with Gasteiger partial charge in [0.05, 0.1) is 23.5 Å². The van der Waals surface area contributed by atoms with Gasteiger partial charge in [-0.3, -0.25) is 9.78 Å². The van der Waals surface area contributed by atoms with Gasteiger partial charge < -0.3 is 10.4 Å². The second-order valence-corrected chi connectivity index (χ2v) is 4.22. The Morgan fingerprint density at radius 2 is 1.95 bits per heavy atom. The third-order valence-electron chi connectivity index (χ3n) is 2.16. The predicted octanol–water partition coefficient (Wildman–Crippen LogP) is 1.58. The van der Waals surface area contributed by atoms with Crippen LogP contribution in [-0.2, 0) is 0 Å². The van der Waals surface area contributed by atoms with Gasteiger partial charge in [-0.2, -0.15) is 0 Å². The minimum absolute atomic E-state index is 0.00668. The van der Waals surface area contributed by atoms with Gasteiger partial charge in [0.2, 0.25) is 0 Å². The van der Waals surface area contributed by atoms with E-state index in [1.54, 1.807) is 0 Å². The molecule has 0 aliphatic heterocycles. The van der Waals surface area contributed by atoms with Gasteiger partial charge in [-0.05, 0) is 22.0 Å². The molecule has 0 aliphatic rings. The van der Waals surface area contributed by atoms with Crippen LogP contribution in [0.4, 0.5) is 5.82 Å². The number of pyridine rings is 1. The van der Waals surface area contributed by atoms with Crippen molar-refractivity contribution in [1.29, 1.82) is 0 Å². The molecule has 8 heteroatoms. The molecule has 2 aromatic heterocycles. The van der Waals surface area contributed by atoms with Crippen molar-refractivity contribution in [1.82, 2.24) is 15.0 Å². The van der Waals surface area contributed by atoms with Crippen LogP contribution in [0.2, 0.25) is 0 Å². The van der Waals surface area contributed by atoms with Crippen LogP contribution in [0.1, 0.15) is 20.7 Å². The van der Waals surface area contributed by atoms with E-state index in [0.29, 0.717) is 4.60 Å². The number of nitrogens with one attached hydrogen (secondary N) is 1. The molecule has 96 valence electrons. The van der Waals surface area contributed by atoms with E-state index < -0.39 is 11.9 Å². The van der Waals surface area contributed by atoms with Crippen LogP contribution < -0.4 is 5.32 Å². The summed E-state index contributed by atoms with van der Waals surface area (Å²) in [5.41, 5.74) is -0.169. The van der Waals surface area contributed by atoms with Gasteiger partial charge in [-0.25, -0.2) is 14.8 Å².